The summed E-state index contributed by atoms with van der Waals surface area (Å²) in [6.45, 7) is 0.532. The number of halogens is 3. The zero-order valence-electron chi connectivity index (χ0n) is 14.7. The first-order chi connectivity index (χ1) is 12.9. The van der Waals surface area contributed by atoms with Gasteiger partial charge in [-0.1, -0.05) is 12.1 Å². The fraction of sp³-hybridized carbons (Fsp3) is 0.389. The molecule has 0 bridgehead atoms. The minimum atomic E-state index is -4.50. The number of hydrogen-bond acceptors (Lipinski definition) is 4. The zero-order valence-corrected chi connectivity index (χ0v) is 14.7. The molecule has 4 N–H and O–H groups in total. The molecule has 2 aromatic rings. The molecule has 1 aliphatic rings. The normalized spacial score (nSPS) is 14.6. The quantitative estimate of drug-likeness (QED) is 0.422. The van der Waals surface area contributed by atoms with Crippen LogP contribution in [-0.2, 0) is 19.0 Å². The number of aliphatic imine (C=N–C) groups is 1. The van der Waals surface area contributed by atoms with E-state index in [4.69, 9.17) is 5.73 Å². The second kappa shape index (κ2) is 8.24. The number of nitrogens with two attached hydrogens (primary N) is 1. The van der Waals surface area contributed by atoms with Crippen LogP contribution in [0.15, 0.2) is 35.5 Å². The molecular formula is C18H21F3N6. The number of rotatable bonds is 5. The predicted molar refractivity (Wildman–Crippen MR) is 98.7 cm³/mol. The maximum absolute atomic E-state index is 12.6. The van der Waals surface area contributed by atoms with Crippen LogP contribution in [0.25, 0.3) is 0 Å². The van der Waals surface area contributed by atoms with Crippen molar-refractivity contribution >= 4 is 17.6 Å². The lowest BCUT2D eigenvalue weighted by Crippen LogP contribution is -2.25. The molecule has 0 atom stereocenters. The van der Waals surface area contributed by atoms with Crippen LogP contribution in [-0.4, -0.2) is 29.0 Å². The molecule has 0 saturated heterocycles. The molecule has 1 aromatic heterocycles. The number of nitrogens with zero attached hydrogens (tertiary/aromatic N) is 3. The molecule has 0 spiro atoms. The van der Waals surface area contributed by atoms with E-state index in [0.29, 0.717) is 0 Å². The summed E-state index contributed by atoms with van der Waals surface area (Å²) in [6.07, 6.45) is 1.01. The maximum atomic E-state index is 12.6. The summed E-state index contributed by atoms with van der Waals surface area (Å²) >= 11 is 0. The largest absolute Gasteiger partial charge is 0.433 e. The average Bonchev–Trinajstić information content (AvgIpc) is 2.65. The van der Waals surface area contributed by atoms with E-state index >= 15 is 0 Å². The van der Waals surface area contributed by atoms with Crippen LogP contribution in [0.4, 0.5) is 24.8 Å². The lowest BCUT2D eigenvalue weighted by atomic mass is 9.90. The van der Waals surface area contributed by atoms with Crippen LogP contribution >= 0.6 is 0 Å². The van der Waals surface area contributed by atoms with E-state index in [-0.39, 0.29) is 25.0 Å². The topological polar surface area (TPSA) is 88.2 Å². The van der Waals surface area contributed by atoms with Crippen molar-refractivity contribution in [2.45, 2.75) is 31.9 Å². The van der Waals surface area contributed by atoms with E-state index in [0.717, 1.165) is 37.2 Å². The SMILES string of the molecule is NC(=NCCNc1nccc(C(F)(F)F)n1)Nc1cccc2c1CCCC2. The Bertz CT molecular complexity index is 819. The van der Waals surface area contributed by atoms with Gasteiger partial charge in [-0.15, -0.1) is 0 Å². The molecule has 6 nitrogen and oxygen atoms in total. The lowest BCUT2D eigenvalue weighted by Gasteiger charge is -2.19. The molecule has 1 aromatic carbocycles. The van der Waals surface area contributed by atoms with E-state index in [1.165, 1.54) is 17.5 Å². The number of alkyl halides is 3. The van der Waals surface area contributed by atoms with Crippen LogP contribution in [0.3, 0.4) is 0 Å². The Labute approximate surface area is 155 Å². The number of hydrogen-bond donors (Lipinski definition) is 3. The Morgan fingerprint density at radius 2 is 2.00 bits per heavy atom. The summed E-state index contributed by atoms with van der Waals surface area (Å²) < 4.78 is 37.9. The minimum Gasteiger partial charge on any atom is -0.370 e. The van der Waals surface area contributed by atoms with E-state index in [1.807, 2.05) is 12.1 Å². The monoisotopic (exact) mass is 378 g/mol. The molecule has 0 fully saturated rings. The van der Waals surface area contributed by atoms with Gasteiger partial charge in [-0.2, -0.15) is 13.2 Å². The molecule has 0 saturated carbocycles. The van der Waals surface area contributed by atoms with Gasteiger partial charge in [-0.05, 0) is 48.9 Å². The first-order valence-electron chi connectivity index (χ1n) is 8.75. The van der Waals surface area contributed by atoms with Crippen LogP contribution in [0, 0.1) is 0 Å². The van der Waals surface area contributed by atoms with Gasteiger partial charge in [0.2, 0.25) is 5.95 Å². The van der Waals surface area contributed by atoms with Gasteiger partial charge in [0.05, 0.1) is 6.54 Å². The maximum Gasteiger partial charge on any atom is 0.433 e. The Morgan fingerprint density at radius 1 is 1.19 bits per heavy atom. The van der Waals surface area contributed by atoms with Crippen molar-refractivity contribution in [1.29, 1.82) is 0 Å². The molecule has 144 valence electrons. The summed E-state index contributed by atoms with van der Waals surface area (Å²) in [4.78, 5) is 11.4. The molecular weight excluding hydrogens is 357 g/mol. The highest BCUT2D eigenvalue weighted by atomic mass is 19.4. The molecule has 0 amide bonds. The second-order valence-electron chi connectivity index (χ2n) is 6.23. The Balaban J connectivity index is 1.53. The number of fused-ring (bicyclic) bond motifs is 1. The van der Waals surface area contributed by atoms with Gasteiger partial charge in [-0.25, -0.2) is 9.97 Å². The van der Waals surface area contributed by atoms with E-state index in [9.17, 15) is 13.2 Å². The van der Waals surface area contributed by atoms with Crippen LogP contribution in [0.1, 0.15) is 29.7 Å². The standard InChI is InChI=1S/C18H21F3N6/c19-18(20,21)15-8-9-24-17(27-15)25-11-10-23-16(22)26-14-7-3-5-12-4-1-2-6-13(12)14/h3,5,7-9H,1-2,4,6,10-11H2,(H3,22,23,26)(H,24,25,27). The first kappa shape index (κ1) is 18.9. The van der Waals surface area contributed by atoms with Gasteiger partial charge < -0.3 is 16.4 Å². The zero-order chi connectivity index (χ0) is 19.3. The van der Waals surface area contributed by atoms with Crippen molar-refractivity contribution in [3.05, 3.63) is 47.3 Å². The Morgan fingerprint density at radius 3 is 2.81 bits per heavy atom. The highest BCUT2D eigenvalue weighted by Gasteiger charge is 2.32. The molecule has 27 heavy (non-hydrogen) atoms. The van der Waals surface area contributed by atoms with Gasteiger partial charge in [0.15, 0.2) is 5.96 Å². The molecule has 1 heterocycles. The molecule has 1 aliphatic carbocycles. The summed E-state index contributed by atoms with van der Waals surface area (Å²) in [5.41, 5.74) is 8.51. The highest BCUT2D eigenvalue weighted by molar-refractivity contribution is 5.93. The second-order valence-corrected chi connectivity index (χ2v) is 6.23. The average molecular weight is 378 g/mol. The summed E-state index contributed by atoms with van der Waals surface area (Å²) in [5.74, 6) is 0.171. The van der Waals surface area contributed by atoms with Crippen LogP contribution in [0.5, 0.6) is 0 Å². The summed E-state index contributed by atoms with van der Waals surface area (Å²) in [6, 6.07) is 6.92. The molecule has 0 radical (unpaired) electrons. The number of aromatic nitrogens is 2. The minimum absolute atomic E-state index is 0.0938. The molecule has 3 rings (SSSR count). The van der Waals surface area contributed by atoms with Crippen molar-refractivity contribution in [2.24, 2.45) is 10.7 Å². The third-order valence-electron chi connectivity index (χ3n) is 4.28. The van der Waals surface area contributed by atoms with Crippen LogP contribution < -0.4 is 16.4 Å². The Kier molecular flexibility index (Phi) is 5.78. The molecule has 0 aliphatic heterocycles. The summed E-state index contributed by atoms with van der Waals surface area (Å²) in [7, 11) is 0. The van der Waals surface area contributed by atoms with Gasteiger partial charge >= 0.3 is 6.18 Å². The van der Waals surface area contributed by atoms with E-state index in [1.54, 1.807) is 0 Å². The van der Waals surface area contributed by atoms with E-state index in [2.05, 4.69) is 31.7 Å². The number of aryl methyl sites for hydroxylation is 1. The predicted octanol–water partition coefficient (Wildman–Crippen LogP) is 3.21. The smallest absolute Gasteiger partial charge is 0.370 e. The number of nitrogens with one attached hydrogen (secondary N) is 2. The van der Waals surface area contributed by atoms with Gasteiger partial charge in [0, 0.05) is 18.4 Å². The third-order valence-corrected chi connectivity index (χ3v) is 4.28. The van der Waals surface area contributed by atoms with Crippen molar-refractivity contribution in [3.63, 3.8) is 0 Å². The first-order valence-corrected chi connectivity index (χ1v) is 8.75. The van der Waals surface area contributed by atoms with Crippen molar-refractivity contribution in [2.75, 3.05) is 23.7 Å². The Hall–Kier alpha value is -2.84. The fourth-order valence-corrected chi connectivity index (χ4v) is 3.02. The number of guanidine groups is 1. The number of benzene rings is 1. The third kappa shape index (κ3) is 5.08. The van der Waals surface area contributed by atoms with E-state index < -0.39 is 11.9 Å². The molecule has 0 unspecified atom stereocenters. The van der Waals surface area contributed by atoms with Crippen LogP contribution in [0.2, 0.25) is 0 Å². The summed E-state index contributed by atoms with van der Waals surface area (Å²) in [5, 5.41) is 5.83. The molecule has 9 heteroatoms. The van der Waals surface area contributed by atoms with Gasteiger partial charge in [-0.3, -0.25) is 4.99 Å². The lowest BCUT2D eigenvalue weighted by molar-refractivity contribution is -0.141. The number of anilines is 2. The highest BCUT2D eigenvalue weighted by Crippen LogP contribution is 2.28. The fourth-order valence-electron chi connectivity index (χ4n) is 3.02. The van der Waals surface area contributed by atoms with Gasteiger partial charge in [0.25, 0.3) is 0 Å². The van der Waals surface area contributed by atoms with Crippen molar-refractivity contribution in [1.82, 2.24) is 9.97 Å². The van der Waals surface area contributed by atoms with Crippen molar-refractivity contribution < 1.29 is 13.2 Å². The van der Waals surface area contributed by atoms with Crippen molar-refractivity contribution in [3.8, 4) is 0 Å². The van der Waals surface area contributed by atoms with Gasteiger partial charge in [0.1, 0.15) is 5.69 Å².